The minimum Gasteiger partial charge on any atom is -0.468 e. The van der Waals surface area contributed by atoms with Crippen molar-refractivity contribution < 1.29 is 18.4 Å². The zero-order valence-electron chi connectivity index (χ0n) is 16.0. The van der Waals surface area contributed by atoms with Gasteiger partial charge in [-0.2, -0.15) is 0 Å². The second kappa shape index (κ2) is 8.79. The molecule has 1 aliphatic heterocycles. The van der Waals surface area contributed by atoms with Crippen molar-refractivity contribution in [1.82, 2.24) is 4.90 Å². The van der Waals surface area contributed by atoms with Crippen LogP contribution in [0.2, 0.25) is 0 Å². The smallest absolute Gasteiger partial charge is 0.238 e. The van der Waals surface area contributed by atoms with Crippen molar-refractivity contribution in [1.29, 1.82) is 0 Å². The molecule has 1 N–H and O–H groups in total. The zero-order chi connectivity index (χ0) is 20.1. The van der Waals surface area contributed by atoms with Gasteiger partial charge in [0.05, 0.1) is 32.2 Å². The van der Waals surface area contributed by atoms with E-state index in [1.54, 1.807) is 17.4 Å². The van der Waals surface area contributed by atoms with E-state index in [0.29, 0.717) is 25.2 Å². The number of benzene rings is 1. The van der Waals surface area contributed by atoms with Crippen molar-refractivity contribution in [3.8, 4) is 0 Å². The van der Waals surface area contributed by atoms with E-state index in [-0.39, 0.29) is 18.4 Å². The molecular formula is C22H23N3O4. The van der Waals surface area contributed by atoms with E-state index in [1.165, 1.54) is 0 Å². The van der Waals surface area contributed by atoms with Crippen molar-refractivity contribution in [2.75, 3.05) is 23.3 Å². The Balaban J connectivity index is 1.41. The molecule has 2 aromatic heterocycles. The molecule has 150 valence electrons. The Labute approximate surface area is 168 Å². The molecule has 0 bridgehead atoms. The van der Waals surface area contributed by atoms with Crippen molar-refractivity contribution in [3.05, 3.63) is 72.6 Å². The maximum absolute atomic E-state index is 12.7. The third-order valence-corrected chi connectivity index (χ3v) is 4.80. The van der Waals surface area contributed by atoms with Crippen molar-refractivity contribution >= 4 is 23.2 Å². The minimum atomic E-state index is -0.145. The molecule has 0 atom stereocenters. The molecule has 29 heavy (non-hydrogen) atoms. The normalized spacial score (nSPS) is 14.0. The van der Waals surface area contributed by atoms with E-state index in [0.717, 1.165) is 30.2 Å². The van der Waals surface area contributed by atoms with Gasteiger partial charge in [-0.1, -0.05) is 6.07 Å². The van der Waals surface area contributed by atoms with Crippen molar-refractivity contribution in [2.45, 2.75) is 25.9 Å². The van der Waals surface area contributed by atoms with Gasteiger partial charge in [-0.15, -0.1) is 0 Å². The van der Waals surface area contributed by atoms with Crippen LogP contribution in [-0.2, 0) is 22.7 Å². The Morgan fingerprint density at radius 3 is 2.34 bits per heavy atom. The lowest BCUT2D eigenvalue weighted by Gasteiger charge is -2.20. The highest BCUT2D eigenvalue weighted by Gasteiger charge is 2.22. The van der Waals surface area contributed by atoms with Crippen LogP contribution in [0.4, 0.5) is 11.4 Å². The summed E-state index contributed by atoms with van der Waals surface area (Å²) in [5.74, 6) is 1.53. The molecular weight excluding hydrogens is 370 g/mol. The number of furan rings is 2. The average molecular weight is 393 g/mol. The summed E-state index contributed by atoms with van der Waals surface area (Å²) >= 11 is 0. The first-order valence-corrected chi connectivity index (χ1v) is 9.65. The summed E-state index contributed by atoms with van der Waals surface area (Å²) < 4.78 is 10.8. The summed E-state index contributed by atoms with van der Waals surface area (Å²) in [5, 5.41) is 2.93. The van der Waals surface area contributed by atoms with Gasteiger partial charge in [0.25, 0.3) is 0 Å². The predicted molar refractivity (Wildman–Crippen MR) is 108 cm³/mol. The van der Waals surface area contributed by atoms with Gasteiger partial charge in [0.2, 0.25) is 11.8 Å². The first-order valence-electron chi connectivity index (χ1n) is 9.65. The van der Waals surface area contributed by atoms with Gasteiger partial charge in [-0.3, -0.25) is 14.5 Å². The molecule has 1 saturated heterocycles. The fourth-order valence-corrected chi connectivity index (χ4v) is 3.49. The number of nitrogens with zero attached hydrogens (tertiary/aromatic N) is 2. The third-order valence-electron chi connectivity index (χ3n) is 4.80. The molecule has 0 unspecified atom stereocenters. The number of amides is 2. The Kier molecular flexibility index (Phi) is 5.76. The number of carbonyl (C=O) groups is 2. The van der Waals surface area contributed by atoms with Gasteiger partial charge in [0.15, 0.2) is 0 Å². The Hall–Kier alpha value is -3.32. The van der Waals surface area contributed by atoms with E-state index in [9.17, 15) is 9.59 Å². The molecule has 4 rings (SSSR count). The summed E-state index contributed by atoms with van der Waals surface area (Å²) in [6.45, 7) is 1.87. The summed E-state index contributed by atoms with van der Waals surface area (Å²) in [4.78, 5) is 28.4. The van der Waals surface area contributed by atoms with Crippen LogP contribution >= 0.6 is 0 Å². The molecule has 1 fully saturated rings. The molecule has 7 nitrogen and oxygen atoms in total. The second-order valence-electron chi connectivity index (χ2n) is 7.05. The van der Waals surface area contributed by atoms with Crippen LogP contribution in [0.3, 0.4) is 0 Å². The number of hydrogen-bond acceptors (Lipinski definition) is 5. The lowest BCUT2D eigenvalue weighted by atomic mass is 10.2. The van der Waals surface area contributed by atoms with E-state index in [1.807, 2.05) is 53.4 Å². The molecule has 0 saturated carbocycles. The van der Waals surface area contributed by atoms with Crippen LogP contribution in [0.15, 0.2) is 69.9 Å². The number of carbonyl (C=O) groups excluding carboxylic acids is 2. The number of nitrogens with one attached hydrogen (secondary N) is 1. The van der Waals surface area contributed by atoms with Gasteiger partial charge in [-0.25, -0.2) is 0 Å². The molecule has 2 amide bonds. The largest absolute Gasteiger partial charge is 0.468 e. The SMILES string of the molecule is O=C(CN(Cc1ccco1)Cc1ccco1)Nc1cccc(N2CCCC2=O)c1. The van der Waals surface area contributed by atoms with Gasteiger partial charge in [0, 0.05) is 24.3 Å². The lowest BCUT2D eigenvalue weighted by Crippen LogP contribution is -2.32. The van der Waals surface area contributed by atoms with Gasteiger partial charge in [0.1, 0.15) is 11.5 Å². The maximum Gasteiger partial charge on any atom is 0.238 e. The zero-order valence-corrected chi connectivity index (χ0v) is 16.0. The van der Waals surface area contributed by atoms with Gasteiger partial charge < -0.3 is 19.1 Å². The van der Waals surface area contributed by atoms with Crippen molar-refractivity contribution in [2.24, 2.45) is 0 Å². The summed E-state index contributed by atoms with van der Waals surface area (Å²) in [7, 11) is 0. The summed E-state index contributed by atoms with van der Waals surface area (Å²) in [5.41, 5.74) is 1.48. The Morgan fingerprint density at radius 2 is 1.76 bits per heavy atom. The highest BCUT2D eigenvalue weighted by Crippen LogP contribution is 2.24. The molecule has 7 heteroatoms. The quantitative estimate of drug-likeness (QED) is 0.632. The fraction of sp³-hybridized carbons (Fsp3) is 0.273. The predicted octanol–water partition coefficient (Wildman–Crippen LogP) is 3.64. The Morgan fingerprint density at radius 1 is 1.03 bits per heavy atom. The van der Waals surface area contributed by atoms with Crippen LogP contribution in [0.1, 0.15) is 24.4 Å². The molecule has 3 aromatic rings. The van der Waals surface area contributed by atoms with Crippen LogP contribution in [0.5, 0.6) is 0 Å². The molecule has 0 radical (unpaired) electrons. The average Bonchev–Trinajstić information content (AvgIpc) is 3.45. The fourth-order valence-electron chi connectivity index (χ4n) is 3.49. The standard InChI is InChI=1S/C22H23N3O4/c26-21(23-17-5-1-6-18(13-17)25-10-2-9-22(25)27)16-24(14-19-7-3-11-28-19)15-20-8-4-12-29-20/h1,3-8,11-13H,2,9-10,14-16H2,(H,23,26). The number of rotatable bonds is 8. The van der Waals surface area contributed by atoms with Crippen molar-refractivity contribution in [3.63, 3.8) is 0 Å². The van der Waals surface area contributed by atoms with E-state index in [2.05, 4.69) is 5.32 Å². The third kappa shape index (κ3) is 4.94. The highest BCUT2D eigenvalue weighted by molar-refractivity contribution is 5.97. The van der Waals surface area contributed by atoms with Crippen LogP contribution < -0.4 is 10.2 Å². The maximum atomic E-state index is 12.7. The van der Waals surface area contributed by atoms with E-state index >= 15 is 0 Å². The van der Waals surface area contributed by atoms with E-state index < -0.39 is 0 Å². The topological polar surface area (TPSA) is 78.9 Å². The first-order chi connectivity index (χ1) is 14.2. The monoisotopic (exact) mass is 393 g/mol. The summed E-state index contributed by atoms with van der Waals surface area (Å²) in [6.07, 6.45) is 4.67. The molecule has 0 spiro atoms. The van der Waals surface area contributed by atoms with Crippen LogP contribution in [-0.4, -0.2) is 29.8 Å². The number of hydrogen-bond donors (Lipinski definition) is 1. The Bertz CT molecular complexity index is 914. The van der Waals surface area contributed by atoms with E-state index in [4.69, 9.17) is 8.83 Å². The minimum absolute atomic E-state index is 0.122. The summed E-state index contributed by atoms with van der Waals surface area (Å²) in [6, 6.07) is 14.8. The van der Waals surface area contributed by atoms with Crippen LogP contribution in [0, 0.1) is 0 Å². The van der Waals surface area contributed by atoms with Gasteiger partial charge >= 0.3 is 0 Å². The molecule has 1 aliphatic rings. The first kappa shape index (κ1) is 19.0. The molecule has 0 aliphatic carbocycles. The molecule has 1 aromatic carbocycles. The lowest BCUT2D eigenvalue weighted by molar-refractivity contribution is -0.118. The van der Waals surface area contributed by atoms with Crippen LogP contribution in [0.25, 0.3) is 0 Å². The highest BCUT2D eigenvalue weighted by atomic mass is 16.3. The molecule has 3 heterocycles. The number of anilines is 2. The second-order valence-corrected chi connectivity index (χ2v) is 7.05. The van der Waals surface area contributed by atoms with Gasteiger partial charge in [-0.05, 0) is 48.9 Å².